The summed E-state index contributed by atoms with van der Waals surface area (Å²) in [6.45, 7) is 3.13. The normalized spacial score (nSPS) is 20.3. The van der Waals surface area contributed by atoms with Crippen molar-refractivity contribution in [3.8, 4) is 0 Å². The molecule has 0 aliphatic carbocycles. The third kappa shape index (κ3) is 4.89. The van der Waals surface area contributed by atoms with E-state index >= 15 is 0 Å². The van der Waals surface area contributed by atoms with Crippen molar-refractivity contribution in [3.05, 3.63) is 80.2 Å². The average Bonchev–Trinajstić information content (AvgIpc) is 2.82. The quantitative estimate of drug-likeness (QED) is 0.416. The largest absolute Gasteiger partial charge is 0.318 e. The summed E-state index contributed by atoms with van der Waals surface area (Å²) in [7, 11) is -4.33. The van der Waals surface area contributed by atoms with Gasteiger partial charge in [0.25, 0.3) is 15.7 Å². The van der Waals surface area contributed by atoms with Crippen molar-refractivity contribution < 1.29 is 22.9 Å². The number of hydrogen-bond donors (Lipinski definition) is 1. The minimum Gasteiger partial charge on any atom is -0.318 e. The summed E-state index contributed by atoms with van der Waals surface area (Å²) < 4.78 is 28.5. The van der Waals surface area contributed by atoms with Crippen molar-refractivity contribution in [1.82, 2.24) is 14.1 Å². The zero-order valence-corrected chi connectivity index (χ0v) is 22.1. The van der Waals surface area contributed by atoms with Crippen LogP contribution in [0.25, 0.3) is 0 Å². The molecule has 0 bridgehead atoms. The van der Waals surface area contributed by atoms with Crippen LogP contribution in [0.3, 0.4) is 0 Å². The van der Waals surface area contributed by atoms with Gasteiger partial charge in [-0.3, -0.25) is 24.6 Å². The van der Waals surface area contributed by atoms with E-state index in [-0.39, 0.29) is 45.5 Å². The van der Waals surface area contributed by atoms with Crippen molar-refractivity contribution in [2.24, 2.45) is 5.73 Å². The maximum absolute atomic E-state index is 13.7. The minimum atomic E-state index is -4.33. The first kappa shape index (κ1) is 26.9. The number of carbonyl (C=O) groups is 2. The highest BCUT2D eigenvalue weighted by atomic mass is 35.5. The number of fused-ring (bicyclic) bond motifs is 1. The van der Waals surface area contributed by atoms with Gasteiger partial charge in [0, 0.05) is 35.8 Å². The van der Waals surface area contributed by atoms with E-state index in [2.05, 4.69) is 0 Å². The molecule has 2 heterocycles. The van der Waals surface area contributed by atoms with Crippen LogP contribution in [0.1, 0.15) is 19.4 Å². The van der Waals surface area contributed by atoms with Gasteiger partial charge in [-0.05, 0) is 37.6 Å². The van der Waals surface area contributed by atoms with Crippen LogP contribution in [-0.4, -0.2) is 63.9 Å². The third-order valence-electron chi connectivity index (χ3n) is 6.12. The lowest BCUT2D eigenvalue weighted by Crippen LogP contribution is -2.66. The van der Waals surface area contributed by atoms with Crippen LogP contribution in [0.4, 0.5) is 5.69 Å². The molecule has 2 aliphatic heterocycles. The topological polar surface area (TPSA) is 147 Å². The summed E-state index contributed by atoms with van der Waals surface area (Å²) >= 11 is 12.2. The summed E-state index contributed by atoms with van der Waals surface area (Å²) in [5.74, 6) is -1.11. The standard InChI is InChI=1S/C23H23Cl2N5O6S/c1-13(2)27-12-21-28(37(35,36)20-8-5-15(24)10-17(20)25)11-18(26)22(31)29(21)19(23(27)32)9-14-3-6-16(7-4-14)30(33)34/h3-8,10,12-13,18-19H,9,11,26H2,1-2H3. The fraction of sp³-hybridized carbons (Fsp3) is 0.304. The molecule has 0 spiro atoms. The van der Waals surface area contributed by atoms with E-state index in [9.17, 15) is 28.1 Å². The number of nitro benzene ring substituents is 1. The van der Waals surface area contributed by atoms with Gasteiger partial charge in [0.1, 0.15) is 22.8 Å². The number of nitrogens with zero attached hydrogens (tertiary/aromatic N) is 4. The van der Waals surface area contributed by atoms with Crippen molar-refractivity contribution in [3.63, 3.8) is 0 Å². The Balaban J connectivity index is 1.82. The maximum Gasteiger partial charge on any atom is 0.269 e. The first-order chi connectivity index (χ1) is 17.3. The van der Waals surface area contributed by atoms with Gasteiger partial charge in [0.05, 0.1) is 16.5 Å². The highest BCUT2D eigenvalue weighted by Crippen LogP contribution is 2.36. The molecule has 0 saturated carbocycles. The van der Waals surface area contributed by atoms with Crippen molar-refractivity contribution in [1.29, 1.82) is 0 Å². The van der Waals surface area contributed by atoms with Gasteiger partial charge in [0.2, 0.25) is 11.8 Å². The lowest BCUT2D eigenvalue weighted by atomic mass is 9.99. The fourth-order valence-corrected chi connectivity index (χ4v) is 6.48. The summed E-state index contributed by atoms with van der Waals surface area (Å²) in [5.41, 5.74) is 6.49. The number of sulfonamides is 1. The molecule has 37 heavy (non-hydrogen) atoms. The number of amides is 2. The highest BCUT2D eigenvalue weighted by molar-refractivity contribution is 7.89. The molecule has 1 fully saturated rings. The zero-order valence-electron chi connectivity index (χ0n) is 19.7. The Hall–Kier alpha value is -3.19. The molecular weight excluding hydrogens is 545 g/mol. The highest BCUT2D eigenvalue weighted by Gasteiger charge is 2.49. The van der Waals surface area contributed by atoms with Crippen LogP contribution < -0.4 is 5.73 Å². The number of nitro groups is 1. The zero-order chi connectivity index (χ0) is 27.2. The second-order valence-corrected chi connectivity index (χ2v) is 11.6. The van der Waals surface area contributed by atoms with Crippen molar-refractivity contribution in [2.75, 3.05) is 6.54 Å². The Morgan fingerprint density at radius 1 is 1.11 bits per heavy atom. The predicted octanol–water partition coefficient (Wildman–Crippen LogP) is 2.72. The smallest absolute Gasteiger partial charge is 0.269 e. The molecular formula is C23H23Cl2N5O6S. The number of rotatable bonds is 6. The Morgan fingerprint density at radius 3 is 2.32 bits per heavy atom. The third-order valence-corrected chi connectivity index (χ3v) is 8.61. The van der Waals surface area contributed by atoms with Crippen LogP contribution in [0.5, 0.6) is 0 Å². The second-order valence-electron chi connectivity index (χ2n) is 8.90. The number of nitrogens with two attached hydrogens (primary N) is 1. The summed E-state index contributed by atoms with van der Waals surface area (Å²) in [5, 5.41) is 11.2. The fourth-order valence-electron chi connectivity index (χ4n) is 4.26. The van der Waals surface area contributed by atoms with E-state index < -0.39 is 38.8 Å². The van der Waals surface area contributed by atoms with E-state index in [4.69, 9.17) is 28.9 Å². The molecule has 2 aromatic rings. The second kappa shape index (κ2) is 9.93. The number of non-ortho nitro benzene ring substituents is 1. The van der Waals surface area contributed by atoms with E-state index in [0.29, 0.717) is 5.56 Å². The lowest BCUT2D eigenvalue weighted by molar-refractivity contribution is -0.384. The van der Waals surface area contributed by atoms with Crippen molar-refractivity contribution >= 4 is 50.7 Å². The van der Waals surface area contributed by atoms with Crippen molar-refractivity contribution in [2.45, 2.75) is 43.3 Å². The monoisotopic (exact) mass is 567 g/mol. The molecule has 11 nitrogen and oxygen atoms in total. The first-order valence-corrected chi connectivity index (χ1v) is 13.4. The van der Waals surface area contributed by atoms with Gasteiger partial charge >= 0.3 is 0 Å². The molecule has 0 aromatic heterocycles. The lowest BCUT2D eigenvalue weighted by Gasteiger charge is -2.48. The van der Waals surface area contributed by atoms with Crippen LogP contribution in [0.2, 0.25) is 10.0 Å². The minimum absolute atomic E-state index is 0.0224. The molecule has 196 valence electrons. The molecule has 4 rings (SSSR count). The van der Waals surface area contributed by atoms with Gasteiger partial charge in [-0.25, -0.2) is 12.7 Å². The molecule has 14 heteroatoms. The number of hydrogen-bond acceptors (Lipinski definition) is 7. The van der Waals surface area contributed by atoms with E-state index in [1.165, 1.54) is 53.6 Å². The van der Waals surface area contributed by atoms with Gasteiger partial charge in [-0.15, -0.1) is 0 Å². The molecule has 0 radical (unpaired) electrons. The van der Waals surface area contributed by atoms with E-state index in [1.807, 2.05) is 0 Å². The Bertz CT molecular complexity index is 1410. The molecule has 2 unspecified atom stereocenters. The summed E-state index contributed by atoms with van der Waals surface area (Å²) in [4.78, 5) is 39.5. The number of carbonyl (C=O) groups excluding carboxylic acids is 2. The van der Waals surface area contributed by atoms with Gasteiger partial charge in [0.15, 0.2) is 0 Å². The van der Waals surface area contributed by atoms with Crippen LogP contribution in [0, 0.1) is 10.1 Å². The Kier molecular flexibility index (Phi) is 7.21. The Morgan fingerprint density at radius 2 is 1.76 bits per heavy atom. The van der Waals surface area contributed by atoms with Crippen LogP contribution in [0.15, 0.2) is 59.4 Å². The number of benzene rings is 2. The van der Waals surface area contributed by atoms with E-state index in [1.54, 1.807) is 13.8 Å². The average molecular weight is 568 g/mol. The maximum atomic E-state index is 13.7. The van der Waals surface area contributed by atoms with Crippen LogP contribution in [-0.2, 0) is 26.0 Å². The Labute approximate surface area is 223 Å². The SMILES string of the molecule is CC(C)N1C=C2N(C(=O)C(N)CN2S(=O)(=O)c2ccc(Cl)cc2Cl)C(Cc2ccc([N+](=O)[O-])cc2)C1=O. The molecule has 2 aromatic carbocycles. The first-order valence-electron chi connectivity index (χ1n) is 11.2. The van der Waals surface area contributed by atoms with Crippen LogP contribution >= 0.6 is 23.2 Å². The molecule has 2 atom stereocenters. The number of halogens is 2. The van der Waals surface area contributed by atoms with Gasteiger partial charge in [-0.2, -0.15) is 0 Å². The summed E-state index contributed by atoms with van der Waals surface area (Å²) in [6, 6.07) is 6.73. The van der Waals surface area contributed by atoms with Gasteiger partial charge in [-0.1, -0.05) is 35.3 Å². The molecule has 2 aliphatic rings. The van der Waals surface area contributed by atoms with Gasteiger partial charge < -0.3 is 10.6 Å². The molecule has 2 N–H and O–H groups in total. The predicted molar refractivity (Wildman–Crippen MR) is 136 cm³/mol. The van der Waals surface area contributed by atoms with E-state index in [0.717, 1.165) is 9.21 Å². The molecule has 1 saturated heterocycles. The summed E-state index contributed by atoms with van der Waals surface area (Å²) in [6.07, 6.45) is 1.30. The molecule has 2 amide bonds.